The minimum Gasteiger partial charge on any atom is -0.353 e. The van der Waals surface area contributed by atoms with Crippen molar-refractivity contribution in [2.45, 2.75) is 19.3 Å². The molecule has 0 bridgehead atoms. The van der Waals surface area contributed by atoms with E-state index in [2.05, 4.69) is 40.6 Å². The normalized spacial score (nSPS) is 14.2. The molecule has 0 saturated carbocycles. The van der Waals surface area contributed by atoms with Gasteiger partial charge in [0.05, 0.1) is 23.1 Å². The molecule has 0 atom stereocenters. The van der Waals surface area contributed by atoms with E-state index in [1.807, 2.05) is 35.2 Å². The second-order valence-electron chi connectivity index (χ2n) is 7.64. The summed E-state index contributed by atoms with van der Waals surface area (Å²) in [4.78, 5) is 19.1. The van der Waals surface area contributed by atoms with Gasteiger partial charge < -0.3 is 10.2 Å². The SMILES string of the molecule is N#Cc1ccccc1Nc1ccc(C(=O)N2CCC(Cc3ccccc3)CC2)nc1. The quantitative estimate of drug-likeness (QED) is 0.673. The van der Waals surface area contributed by atoms with Gasteiger partial charge in [-0.25, -0.2) is 4.98 Å². The fraction of sp³-hybridized carbons (Fsp3) is 0.240. The van der Waals surface area contributed by atoms with E-state index in [0.29, 0.717) is 17.2 Å². The van der Waals surface area contributed by atoms with Crippen molar-refractivity contribution in [2.75, 3.05) is 18.4 Å². The molecular weight excluding hydrogens is 372 g/mol. The number of hydrogen-bond acceptors (Lipinski definition) is 4. The summed E-state index contributed by atoms with van der Waals surface area (Å²) >= 11 is 0. The molecule has 1 aromatic heterocycles. The maximum Gasteiger partial charge on any atom is 0.272 e. The van der Waals surface area contributed by atoms with Crippen molar-refractivity contribution in [3.8, 4) is 6.07 Å². The van der Waals surface area contributed by atoms with E-state index in [0.717, 1.165) is 43.7 Å². The molecule has 0 aliphatic carbocycles. The largest absolute Gasteiger partial charge is 0.353 e. The van der Waals surface area contributed by atoms with Crippen molar-refractivity contribution in [1.82, 2.24) is 9.88 Å². The number of hydrogen-bond donors (Lipinski definition) is 1. The van der Waals surface area contributed by atoms with Crippen LogP contribution in [0.2, 0.25) is 0 Å². The number of carbonyl (C=O) groups excluding carboxylic acids is 1. The number of aromatic nitrogens is 1. The molecule has 1 fully saturated rings. The summed E-state index contributed by atoms with van der Waals surface area (Å²) < 4.78 is 0. The highest BCUT2D eigenvalue weighted by molar-refractivity contribution is 5.92. The van der Waals surface area contributed by atoms with Crippen molar-refractivity contribution in [3.05, 3.63) is 89.7 Å². The molecule has 2 heterocycles. The Morgan fingerprint density at radius 2 is 1.77 bits per heavy atom. The zero-order valence-corrected chi connectivity index (χ0v) is 16.8. The zero-order valence-electron chi connectivity index (χ0n) is 16.8. The molecule has 4 rings (SSSR count). The Kier molecular flexibility index (Phi) is 6.05. The standard InChI is InChI=1S/C25H24N4O/c26-17-21-8-4-5-9-23(21)28-22-10-11-24(27-18-22)25(30)29-14-12-20(13-15-29)16-19-6-2-1-3-7-19/h1-11,18,20,28H,12-16H2. The van der Waals surface area contributed by atoms with Gasteiger partial charge in [-0.15, -0.1) is 0 Å². The number of piperidine rings is 1. The number of benzene rings is 2. The van der Waals surface area contributed by atoms with Gasteiger partial charge in [0.1, 0.15) is 11.8 Å². The van der Waals surface area contributed by atoms with Crippen molar-refractivity contribution in [2.24, 2.45) is 5.92 Å². The molecule has 1 aliphatic rings. The molecule has 2 aromatic carbocycles. The van der Waals surface area contributed by atoms with Gasteiger partial charge in [0.15, 0.2) is 0 Å². The molecule has 0 radical (unpaired) electrons. The van der Waals surface area contributed by atoms with E-state index < -0.39 is 0 Å². The van der Waals surface area contributed by atoms with Crippen LogP contribution in [0.25, 0.3) is 0 Å². The number of nitrogens with one attached hydrogen (secondary N) is 1. The lowest BCUT2D eigenvalue weighted by molar-refractivity contribution is 0.0684. The number of pyridine rings is 1. The number of likely N-dealkylation sites (tertiary alicyclic amines) is 1. The Balaban J connectivity index is 1.33. The van der Waals surface area contributed by atoms with Crippen LogP contribution in [0.4, 0.5) is 11.4 Å². The molecule has 150 valence electrons. The van der Waals surface area contributed by atoms with E-state index in [1.165, 1.54) is 5.56 Å². The van der Waals surface area contributed by atoms with Gasteiger partial charge in [-0.05, 0) is 55.0 Å². The third kappa shape index (κ3) is 4.66. The van der Waals surface area contributed by atoms with E-state index in [-0.39, 0.29) is 5.91 Å². The molecular formula is C25H24N4O. The van der Waals surface area contributed by atoms with Crippen LogP contribution in [-0.2, 0) is 6.42 Å². The van der Waals surface area contributed by atoms with Crippen molar-refractivity contribution in [3.63, 3.8) is 0 Å². The van der Waals surface area contributed by atoms with Crippen molar-refractivity contribution >= 4 is 17.3 Å². The second kappa shape index (κ2) is 9.23. The summed E-state index contributed by atoms with van der Waals surface area (Å²) in [7, 11) is 0. The summed E-state index contributed by atoms with van der Waals surface area (Å²) in [5, 5.41) is 12.4. The first-order valence-electron chi connectivity index (χ1n) is 10.3. The average Bonchev–Trinajstić information content (AvgIpc) is 2.81. The van der Waals surface area contributed by atoms with Gasteiger partial charge in [0.25, 0.3) is 5.91 Å². The summed E-state index contributed by atoms with van der Waals surface area (Å²) in [5.41, 5.74) is 3.86. The fourth-order valence-electron chi connectivity index (χ4n) is 3.89. The van der Waals surface area contributed by atoms with E-state index >= 15 is 0 Å². The number of nitrogens with zero attached hydrogens (tertiary/aromatic N) is 3. The molecule has 5 nitrogen and oxygen atoms in total. The van der Waals surface area contributed by atoms with Crippen LogP contribution in [0.3, 0.4) is 0 Å². The predicted molar refractivity (Wildman–Crippen MR) is 117 cm³/mol. The van der Waals surface area contributed by atoms with Crippen LogP contribution >= 0.6 is 0 Å². The number of amides is 1. The van der Waals surface area contributed by atoms with Gasteiger partial charge >= 0.3 is 0 Å². The van der Waals surface area contributed by atoms with Crippen LogP contribution < -0.4 is 5.32 Å². The molecule has 1 aliphatic heterocycles. The molecule has 0 spiro atoms. The van der Waals surface area contributed by atoms with Crippen LogP contribution in [-0.4, -0.2) is 28.9 Å². The lowest BCUT2D eigenvalue weighted by Gasteiger charge is -2.32. The highest BCUT2D eigenvalue weighted by Crippen LogP contribution is 2.23. The predicted octanol–water partition coefficient (Wildman–Crippen LogP) is 4.79. The van der Waals surface area contributed by atoms with E-state index in [4.69, 9.17) is 0 Å². The number of para-hydroxylation sites is 1. The highest BCUT2D eigenvalue weighted by Gasteiger charge is 2.24. The third-order valence-electron chi connectivity index (χ3n) is 5.58. The first-order chi connectivity index (χ1) is 14.7. The maximum absolute atomic E-state index is 12.8. The smallest absolute Gasteiger partial charge is 0.272 e. The minimum atomic E-state index is -0.0165. The summed E-state index contributed by atoms with van der Waals surface area (Å²) in [6.45, 7) is 1.54. The summed E-state index contributed by atoms with van der Waals surface area (Å²) in [6.07, 6.45) is 4.76. The zero-order chi connectivity index (χ0) is 20.8. The van der Waals surface area contributed by atoms with Gasteiger partial charge in [0, 0.05) is 13.1 Å². The number of carbonyl (C=O) groups is 1. The van der Waals surface area contributed by atoms with E-state index in [1.54, 1.807) is 18.3 Å². The molecule has 1 N–H and O–H groups in total. The van der Waals surface area contributed by atoms with Crippen LogP contribution in [0, 0.1) is 17.2 Å². The van der Waals surface area contributed by atoms with Gasteiger partial charge in [-0.3, -0.25) is 4.79 Å². The highest BCUT2D eigenvalue weighted by atomic mass is 16.2. The molecule has 30 heavy (non-hydrogen) atoms. The Hall–Kier alpha value is -3.65. The lowest BCUT2D eigenvalue weighted by Crippen LogP contribution is -2.39. The Morgan fingerprint density at radius 3 is 2.47 bits per heavy atom. The lowest BCUT2D eigenvalue weighted by atomic mass is 9.90. The van der Waals surface area contributed by atoms with Gasteiger partial charge in [-0.1, -0.05) is 42.5 Å². The van der Waals surface area contributed by atoms with Gasteiger partial charge in [-0.2, -0.15) is 5.26 Å². The first-order valence-corrected chi connectivity index (χ1v) is 10.3. The van der Waals surface area contributed by atoms with Crippen LogP contribution in [0.15, 0.2) is 72.9 Å². The molecule has 1 amide bonds. The number of anilines is 2. The fourth-order valence-corrected chi connectivity index (χ4v) is 3.89. The van der Waals surface area contributed by atoms with Crippen LogP contribution in [0.1, 0.15) is 34.5 Å². The van der Waals surface area contributed by atoms with Crippen LogP contribution in [0.5, 0.6) is 0 Å². The third-order valence-corrected chi connectivity index (χ3v) is 5.58. The Labute approximate surface area is 177 Å². The Morgan fingerprint density at radius 1 is 1.03 bits per heavy atom. The maximum atomic E-state index is 12.8. The van der Waals surface area contributed by atoms with E-state index in [9.17, 15) is 10.1 Å². The minimum absolute atomic E-state index is 0.0165. The molecule has 5 heteroatoms. The summed E-state index contributed by atoms with van der Waals surface area (Å²) in [6, 6.07) is 23.6. The molecule has 1 saturated heterocycles. The monoisotopic (exact) mass is 396 g/mol. The number of rotatable bonds is 5. The van der Waals surface area contributed by atoms with Crippen molar-refractivity contribution < 1.29 is 4.79 Å². The van der Waals surface area contributed by atoms with Gasteiger partial charge in [0.2, 0.25) is 0 Å². The topological polar surface area (TPSA) is 69.0 Å². The number of nitriles is 1. The average molecular weight is 396 g/mol. The molecule has 0 unspecified atom stereocenters. The first kappa shape index (κ1) is 19.7. The second-order valence-corrected chi connectivity index (χ2v) is 7.64. The summed E-state index contributed by atoms with van der Waals surface area (Å²) in [5.74, 6) is 0.605. The Bertz CT molecular complexity index is 1030. The molecule has 3 aromatic rings. The van der Waals surface area contributed by atoms with Crippen molar-refractivity contribution in [1.29, 1.82) is 5.26 Å².